The van der Waals surface area contributed by atoms with Gasteiger partial charge in [-0.1, -0.05) is 91.0 Å². The maximum Gasteiger partial charge on any atom is 0.747 e. The summed E-state index contributed by atoms with van der Waals surface area (Å²) in [5.41, 5.74) is 9.32. The molecule has 4 aromatic heterocycles. The van der Waals surface area contributed by atoms with Crippen LogP contribution in [0.3, 0.4) is 0 Å². The minimum Gasteiger partial charge on any atom is -0.427 e. The molecule has 3 N–H and O–H groups in total. The van der Waals surface area contributed by atoms with Crippen molar-refractivity contribution in [3.63, 3.8) is 0 Å². The zero-order valence-corrected chi connectivity index (χ0v) is 29.9. The highest BCUT2D eigenvalue weighted by Crippen LogP contribution is 2.35. The van der Waals surface area contributed by atoms with Gasteiger partial charge in [-0.05, 0) is 54.6 Å². The van der Waals surface area contributed by atoms with Crippen LogP contribution in [-0.4, -0.2) is 34.6 Å². The average molecular weight is 746 g/mol. The highest BCUT2D eigenvalue weighted by molar-refractivity contribution is 7.39. The molecule has 260 valence electrons. The smallest absolute Gasteiger partial charge is 0.427 e. The van der Waals surface area contributed by atoms with Crippen molar-refractivity contribution in [1.29, 1.82) is 0 Å². The lowest BCUT2D eigenvalue weighted by Crippen LogP contribution is -1.93. The SMILES string of the molecule is O=[P+](O)Oc1cccc(-c2ccc3ccc4ccc(-c5cccc(-c6ccc7ccc8ccc(-c9cccc(OP(O)O)c9)nc8c7n6)c5)nc4c3n2)c1. The largest absolute Gasteiger partial charge is 0.747 e. The van der Waals surface area contributed by atoms with E-state index in [0.717, 1.165) is 77.3 Å². The van der Waals surface area contributed by atoms with E-state index in [1.54, 1.807) is 36.4 Å². The van der Waals surface area contributed by atoms with Crippen molar-refractivity contribution in [2.45, 2.75) is 0 Å². The third-order valence-corrected chi connectivity index (χ3v) is 9.86. The van der Waals surface area contributed by atoms with E-state index in [0.29, 0.717) is 17.1 Å². The number of hydrogen-bond acceptors (Lipinski definition) is 9. The zero-order chi connectivity index (χ0) is 36.8. The van der Waals surface area contributed by atoms with Gasteiger partial charge in [-0.15, -0.1) is 4.89 Å². The summed E-state index contributed by atoms with van der Waals surface area (Å²) < 4.78 is 21.4. The Morgan fingerprint density at radius 1 is 0.444 bits per heavy atom. The molecule has 0 fully saturated rings. The molecule has 0 radical (unpaired) electrons. The number of benzene rings is 5. The second-order valence-corrected chi connectivity index (χ2v) is 13.9. The molecule has 0 aliphatic rings. The number of hydrogen-bond donors (Lipinski definition) is 3. The molecule has 1 atom stereocenters. The van der Waals surface area contributed by atoms with Crippen molar-refractivity contribution < 1.29 is 28.3 Å². The summed E-state index contributed by atoms with van der Waals surface area (Å²) in [4.78, 5) is 48.1. The van der Waals surface area contributed by atoms with Crippen LogP contribution >= 0.6 is 16.9 Å². The highest BCUT2D eigenvalue weighted by atomic mass is 31.2. The Labute approximate surface area is 310 Å². The Morgan fingerprint density at radius 3 is 1.17 bits per heavy atom. The number of nitrogens with zero attached hydrogens (tertiary/aromatic N) is 4. The molecule has 12 heteroatoms. The second kappa shape index (κ2) is 14.0. The summed E-state index contributed by atoms with van der Waals surface area (Å²) in [7, 11) is -5.32. The van der Waals surface area contributed by atoms with Gasteiger partial charge in [0.1, 0.15) is 5.75 Å². The topological polar surface area (TPSA) is 148 Å². The summed E-state index contributed by atoms with van der Waals surface area (Å²) in [6.07, 6.45) is 0. The van der Waals surface area contributed by atoms with Gasteiger partial charge in [-0.2, -0.15) is 0 Å². The fraction of sp³-hybridized carbons (Fsp3) is 0. The van der Waals surface area contributed by atoms with Crippen LogP contribution in [0.25, 0.3) is 88.6 Å². The van der Waals surface area contributed by atoms with Crippen molar-refractivity contribution in [3.8, 4) is 56.5 Å². The Balaban J connectivity index is 1.10. The lowest BCUT2D eigenvalue weighted by atomic mass is 10.0. The Kier molecular flexibility index (Phi) is 8.67. The van der Waals surface area contributed by atoms with Crippen molar-refractivity contribution >= 4 is 60.5 Å². The number of fused-ring (bicyclic) bond motifs is 6. The quantitative estimate of drug-likeness (QED) is 0.101. The minimum absolute atomic E-state index is 0.283. The number of aromatic nitrogens is 4. The van der Waals surface area contributed by atoms with Crippen molar-refractivity contribution in [1.82, 2.24) is 19.9 Å². The molecule has 0 spiro atoms. The first kappa shape index (κ1) is 33.6. The van der Waals surface area contributed by atoms with Crippen LogP contribution in [0.4, 0.5) is 0 Å². The normalized spacial score (nSPS) is 11.8. The van der Waals surface area contributed by atoms with Crippen molar-refractivity contribution in [3.05, 3.63) is 146 Å². The van der Waals surface area contributed by atoms with E-state index in [4.69, 9.17) is 29.0 Å². The molecule has 4 heterocycles. The van der Waals surface area contributed by atoms with Crippen LogP contribution < -0.4 is 9.05 Å². The minimum atomic E-state index is -2.78. The van der Waals surface area contributed by atoms with E-state index in [9.17, 15) is 19.2 Å². The van der Waals surface area contributed by atoms with Gasteiger partial charge in [0.05, 0.1) is 44.8 Å². The molecule has 0 saturated heterocycles. The van der Waals surface area contributed by atoms with Crippen LogP contribution in [-0.2, 0) is 4.57 Å². The molecule has 54 heavy (non-hydrogen) atoms. The molecule has 0 bridgehead atoms. The Bertz CT molecular complexity index is 2940. The molecule has 0 amide bonds. The molecule has 1 unspecified atom stereocenters. The molecule has 9 aromatic rings. The molecule has 10 nitrogen and oxygen atoms in total. The van der Waals surface area contributed by atoms with Gasteiger partial charge in [0.15, 0.2) is 5.75 Å². The summed E-state index contributed by atoms with van der Waals surface area (Å²) >= 11 is 0. The lowest BCUT2D eigenvalue weighted by Gasteiger charge is -2.11. The van der Waals surface area contributed by atoms with Gasteiger partial charge in [0, 0.05) is 48.4 Å². The summed E-state index contributed by atoms with van der Waals surface area (Å²) in [5, 5.41) is 3.78. The van der Waals surface area contributed by atoms with Gasteiger partial charge in [0.25, 0.3) is 0 Å². The van der Waals surface area contributed by atoms with E-state index in [2.05, 4.69) is 6.07 Å². The fourth-order valence-corrected chi connectivity index (χ4v) is 7.22. The van der Waals surface area contributed by atoms with Gasteiger partial charge in [-0.25, -0.2) is 24.5 Å². The fourth-order valence-electron chi connectivity index (χ4n) is 6.63. The summed E-state index contributed by atoms with van der Waals surface area (Å²) in [5.74, 6) is 0.626. The van der Waals surface area contributed by atoms with Crippen LogP contribution in [0, 0.1) is 0 Å². The first-order valence-electron chi connectivity index (χ1n) is 16.8. The molecule has 5 aromatic carbocycles. The van der Waals surface area contributed by atoms with Crippen molar-refractivity contribution in [2.75, 3.05) is 0 Å². The maximum absolute atomic E-state index is 11.3. The van der Waals surface area contributed by atoms with E-state index in [-0.39, 0.29) is 5.75 Å². The van der Waals surface area contributed by atoms with Crippen LogP contribution in [0.2, 0.25) is 0 Å². The van der Waals surface area contributed by atoms with Crippen molar-refractivity contribution in [2.24, 2.45) is 0 Å². The van der Waals surface area contributed by atoms with E-state index in [1.165, 1.54) is 0 Å². The third kappa shape index (κ3) is 6.61. The lowest BCUT2D eigenvalue weighted by molar-refractivity contribution is 0.375. The van der Waals surface area contributed by atoms with Gasteiger partial charge < -0.3 is 14.3 Å². The predicted molar refractivity (Wildman–Crippen MR) is 212 cm³/mol. The summed E-state index contributed by atoms with van der Waals surface area (Å²) in [6, 6.07) is 46.2. The zero-order valence-electron chi connectivity index (χ0n) is 28.1. The first-order valence-corrected chi connectivity index (χ1v) is 19.1. The molecular formula is C42H27N4O6P2+. The molecule has 9 rings (SSSR count). The number of rotatable bonds is 8. The van der Waals surface area contributed by atoms with Crippen LogP contribution in [0.5, 0.6) is 11.5 Å². The van der Waals surface area contributed by atoms with E-state index in [1.807, 2.05) is 103 Å². The Morgan fingerprint density at radius 2 is 0.778 bits per heavy atom. The first-order chi connectivity index (χ1) is 26.3. The Hall–Kier alpha value is -6.25. The predicted octanol–water partition coefficient (Wildman–Crippen LogP) is 10.2. The molecule has 0 aliphatic carbocycles. The maximum atomic E-state index is 11.3. The monoisotopic (exact) mass is 745 g/mol. The highest BCUT2D eigenvalue weighted by Gasteiger charge is 2.16. The molecule has 0 aliphatic heterocycles. The van der Waals surface area contributed by atoms with Gasteiger partial charge in [-0.3, -0.25) is 0 Å². The third-order valence-electron chi connectivity index (χ3n) is 9.12. The molecule has 0 saturated carbocycles. The van der Waals surface area contributed by atoms with Crippen LogP contribution in [0.15, 0.2) is 146 Å². The van der Waals surface area contributed by atoms with E-state index >= 15 is 0 Å². The van der Waals surface area contributed by atoms with Crippen LogP contribution in [0.1, 0.15) is 0 Å². The van der Waals surface area contributed by atoms with Gasteiger partial charge in [0.2, 0.25) is 0 Å². The van der Waals surface area contributed by atoms with Gasteiger partial charge >= 0.3 is 16.9 Å². The number of pyridine rings is 4. The summed E-state index contributed by atoms with van der Waals surface area (Å²) in [6.45, 7) is 0. The standard InChI is InChI=1S/C42H26N4O6P2/c47-53(48)51-33-8-2-6-31(23-33)37-20-16-27-12-10-25-14-18-35(43-39(25)41(27)45-37)29-4-1-5-30(22-29)36-19-15-26-11-13-28-17-21-38(46-42(28)40(26)44-36)32-7-3-9-34(24-32)52-54(49)50/h1-24,47-48H/p+1. The van der Waals surface area contributed by atoms with E-state index < -0.39 is 16.9 Å². The second-order valence-electron chi connectivity index (χ2n) is 12.5. The molecular weight excluding hydrogens is 718 g/mol. The average Bonchev–Trinajstić information content (AvgIpc) is 3.19.